The Morgan fingerprint density at radius 3 is 1.78 bits per heavy atom. The molecule has 0 aliphatic heterocycles. The largest absolute Gasteiger partial charge is 0.497 e. The summed E-state index contributed by atoms with van der Waals surface area (Å²) >= 11 is 0. The van der Waals surface area contributed by atoms with Crippen molar-refractivity contribution in [3.05, 3.63) is 108 Å². The summed E-state index contributed by atoms with van der Waals surface area (Å²) in [4.78, 5) is 21.5. The van der Waals surface area contributed by atoms with Crippen LogP contribution in [0.15, 0.2) is 107 Å². The minimum atomic E-state index is -0.322. The van der Waals surface area contributed by atoms with Crippen LogP contribution in [0.4, 0.5) is 11.4 Å². The van der Waals surface area contributed by atoms with Gasteiger partial charge in [0.2, 0.25) is 0 Å². The van der Waals surface area contributed by atoms with Crippen molar-refractivity contribution in [3.8, 4) is 11.5 Å². The lowest BCUT2D eigenvalue weighted by Crippen LogP contribution is -2.10. The molecule has 1 aliphatic rings. The molecule has 0 aromatic heterocycles. The van der Waals surface area contributed by atoms with E-state index in [9.17, 15) is 4.79 Å². The molecule has 6 heteroatoms. The Hall–Kier alpha value is -4.71. The van der Waals surface area contributed by atoms with Crippen LogP contribution in [0.5, 0.6) is 11.5 Å². The Kier molecular flexibility index (Phi) is 8.89. The zero-order chi connectivity index (χ0) is 28.6. The average Bonchev–Trinajstić information content (AvgIpc) is 3.29. The summed E-state index contributed by atoms with van der Waals surface area (Å²) in [5.74, 6) is 1.29. The summed E-state index contributed by atoms with van der Waals surface area (Å²) < 4.78 is 16.4. The van der Waals surface area contributed by atoms with Crippen molar-refractivity contribution < 1.29 is 19.0 Å². The summed E-state index contributed by atoms with van der Waals surface area (Å²) in [5.41, 5.74) is 6.00. The number of carbonyl (C=O) groups excluding carboxylic acids is 1. The zero-order valence-corrected chi connectivity index (χ0v) is 23.6. The third-order valence-electron chi connectivity index (χ3n) is 6.92. The molecule has 41 heavy (non-hydrogen) atoms. The van der Waals surface area contributed by atoms with Gasteiger partial charge in [-0.3, -0.25) is 0 Å². The number of aliphatic imine (C=N–C) groups is 2. The fraction of sp³-hybridized carbons (Fsp3) is 0.229. The number of carbonyl (C=O) groups is 1. The molecular weight excluding hydrogens is 512 g/mol. The fourth-order valence-corrected chi connectivity index (χ4v) is 4.78. The number of hydrogen-bond donors (Lipinski definition) is 0. The van der Waals surface area contributed by atoms with E-state index in [1.54, 1.807) is 14.0 Å². The highest BCUT2D eigenvalue weighted by Gasteiger charge is 2.27. The number of hydrogen-bond acceptors (Lipinski definition) is 6. The molecule has 208 valence electrons. The number of ether oxygens (including phenoxy) is 3. The molecule has 0 unspecified atom stereocenters. The van der Waals surface area contributed by atoms with Gasteiger partial charge < -0.3 is 14.2 Å². The van der Waals surface area contributed by atoms with Crippen LogP contribution in [0, 0.1) is 0 Å². The highest BCUT2D eigenvalue weighted by Crippen LogP contribution is 2.34. The lowest BCUT2D eigenvalue weighted by Gasteiger charge is -2.08. The molecule has 4 aromatic carbocycles. The first kappa shape index (κ1) is 27.8. The fourth-order valence-electron chi connectivity index (χ4n) is 4.78. The van der Waals surface area contributed by atoms with Gasteiger partial charge in [0.25, 0.3) is 0 Å². The number of unbranched alkanes of at least 4 members (excludes halogenated alkanes) is 3. The zero-order valence-electron chi connectivity index (χ0n) is 23.6. The molecule has 0 atom stereocenters. The molecule has 6 nitrogen and oxygen atoms in total. The molecule has 0 spiro atoms. The summed E-state index contributed by atoms with van der Waals surface area (Å²) in [6.07, 6.45) is 3.78. The van der Waals surface area contributed by atoms with Gasteiger partial charge in [0.05, 0.1) is 43.1 Å². The Morgan fingerprint density at radius 1 is 0.707 bits per heavy atom. The van der Waals surface area contributed by atoms with Gasteiger partial charge in [0.1, 0.15) is 11.5 Å². The van der Waals surface area contributed by atoms with Gasteiger partial charge in [0.15, 0.2) is 0 Å². The van der Waals surface area contributed by atoms with Crippen LogP contribution in [0.1, 0.15) is 43.7 Å². The maximum absolute atomic E-state index is 11.4. The molecule has 0 heterocycles. The number of methoxy groups -OCH3 is 1. The number of benzene rings is 4. The van der Waals surface area contributed by atoms with E-state index in [2.05, 4.69) is 43.0 Å². The second-order valence-electron chi connectivity index (χ2n) is 10.0. The molecule has 0 radical (unpaired) electrons. The van der Waals surface area contributed by atoms with Gasteiger partial charge >= 0.3 is 5.97 Å². The number of nitrogens with zero attached hydrogens (tertiary/aromatic N) is 2. The summed E-state index contributed by atoms with van der Waals surface area (Å²) in [7, 11) is 1.66. The SMILES string of the molecule is C=C(C)C(=O)OCCCCCCOc1ccc(N=C2C(=Nc3ccc(OC)cc3)c3cccc4cccc2c34)cc1. The first-order valence-corrected chi connectivity index (χ1v) is 13.9. The first-order valence-electron chi connectivity index (χ1n) is 13.9. The van der Waals surface area contributed by atoms with Gasteiger partial charge in [0, 0.05) is 22.1 Å². The summed E-state index contributed by atoms with van der Waals surface area (Å²) in [5, 5.41) is 2.35. The smallest absolute Gasteiger partial charge is 0.333 e. The van der Waals surface area contributed by atoms with Gasteiger partial charge in [-0.1, -0.05) is 43.0 Å². The van der Waals surface area contributed by atoms with Gasteiger partial charge in [-0.05, 0) is 86.5 Å². The molecule has 4 aromatic rings. The monoisotopic (exact) mass is 546 g/mol. The Balaban J connectivity index is 1.26. The maximum Gasteiger partial charge on any atom is 0.333 e. The van der Waals surface area contributed by atoms with Crippen LogP contribution in [0.2, 0.25) is 0 Å². The Labute approximate surface area is 241 Å². The summed E-state index contributed by atoms with van der Waals surface area (Å²) in [6, 6.07) is 28.2. The molecule has 0 N–H and O–H groups in total. The van der Waals surface area contributed by atoms with Crippen molar-refractivity contribution in [2.24, 2.45) is 9.98 Å². The molecule has 5 rings (SSSR count). The molecule has 0 saturated heterocycles. The van der Waals surface area contributed by atoms with E-state index in [1.807, 2.05) is 48.5 Å². The van der Waals surface area contributed by atoms with Crippen LogP contribution in [0.25, 0.3) is 10.8 Å². The number of esters is 1. The molecule has 0 fully saturated rings. The standard InChI is InChI=1S/C35H34N2O4/c1-24(2)35(38)41-23-7-5-4-6-22-40-29-20-16-27(17-21-29)37-34-31-13-9-11-25-10-8-12-30(32(25)31)33(34)36-26-14-18-28(39-3)19-15-26/h8-21H,1,4-7,22-23H2,2-3H3. The second kappa shape index (κ2) is 13.1. The predicted molar refractivity (Wildman–Crippen MR) is 166 cm³/mol. The van der Waals surface area contributed by atoms with E-state index in [4.69, 9.17) is 24.2 Å². The first-order chi connectivity index (χ1) is 20.0. The summed E-state index contributed by atoms with van der Waals surface area (Å²) in [6.45, 7) is 6.31. The Morgan fingerprint density at radius 2 is 1.24 bits per heavy atom. The van der Waals surface area contributed by atoms with Crippen molar-refractivity contribution in [1.29, 1.82) is 0 Å². The van der Waals surface area contributed by atoms with Gasteiger partial charge in [-0.15, -0.1) is 0 Å². The van der Waals surface area contributed by atoms with Crippen molar-refractivity contribution in [3.63, 3.8) is 0 Å². The van der Waals surface area contributed by atoms with Crippen LogP contribution in [-0.2, 0) is 9.53 Å². The Bertz CT molecular complexity index is 1600. The molecule has 1 aliphatic carbocycles. The lowest BCUT2D eigenvalue weighted by molar-refractivity contribution is -0.139. The van der Waals surface area contributed by atoms with Crippen molar-refractivity contribution >= 4 is 39.5 Å². The molecule has 0 saturated carbocycles. The number of rotatable bonds is 12. The lowest BCUT2D eigenvalue weighted by atomic mass is 10.1. The highest BCUT2D eigenvalue weighted by atomic mass is 16.5. The van der Waals surface area contributed by atoms with E-state index < -0.39 is 0 Å². The molecule has 0 bridgehead atoms. The van der Waals surface area contributed by atoms with Crippen LogP contribution < -0.4 is 9.47 Å². The van der Waals surface area contributed by atoms with E-state index in [0.29, 0.717) is 18.8 Å². The van der Waals surface area contributed by atoms with Crippen LogP contribution in [0.3, 0.4) is 0 Å². The van der Waals surface area contributed by atoms with E-state index >= 15 is 0 Å². The average molecular weight is 547 g/mol. The second-order valence-corrected chi connectivity index (χ2v) is 10.0. The maximum atomic E-state index is 11.4. The minimum absolute atomic E-state index is 0.322. The van der Waals surface area contributed by atoms with Gasteiger partial charge in [-0.2, -0.15) is 0 Å². The van der Waals surface area contributed by atoms with Crippen molar-refractivity contribution in [2.45, 2.75) is 32.6 Å². The van der Waals surface area contributed by atoms with Crippen LogP contribution >= 0.6 is 0 Å². The van der Waals surface area contributed by atoms with Gasteiger partial charge in [-0.25, -0.2) is 14.8 Å². The third-order valence-corrected chi connectivity index (χ3v) is 6.92. The highest BCUT2D eigenvalue weighted by molar-refractivity contribution is 6.61. The molecule has 0 amide bonds. The predicted octanol–water partition coefficient (Wildman–Crippen LogP) is 8.16. The normalized spacial score (nSPS) is 14.0. The van der Waals surface area contributed by atoms with E-state index in [1.165, 1.54) is 10.8 Å². The molecular formula is C35H34N2O4. The van der Waals surface area contributed by atoms with Crippen molar-refractivity contribution in [1.82, 2.24) is 0 Å². The third kappa shape index (κ3) is 6.72. The topological polar surface area (TPSA) is 69.5 Å². The van der Waals surface area contributed by atoms with E-state index in [0.717, 1.165) is 71.1 Å². The minimum Gasteiger partial charge on any atom is -0.497 e. The van der Waals surface area contributed by atoms with Crippen LogP contribution in [-0.4, -0.2) is 37.7 Å². The van der Waals surface area contributed by atoms with Crippen molar-refractivity contribution in [2.75, 3.05) is 20.3 Å². The quantitative estimate of drug-likeness (QED) is 0.102. The van der Waals surface area contributed by atoms with E-state index in [-0.39, 0.29) is 5.97 Å².